The number of benzene rings is 1. The van der Waals surface area contributed by atoms with Crippen molar-refractivity contribution < 1.29 is 23.9 Å². The highest BCUT2D eigenvalue weighted by molar-refractivity contribution is 6.04. The lowest BCUT2D eigenvalue weighted by molar-refractivity contribution is -0.137. The van der Waals surface area contributed by atoms with Crippen LogP contribution in [0, 0.1) is 5.82 Å². The van der Waals surface area contributed by atoms with Crippen molar-refractivity contribution in [3.63, 3.8) is 0 Å². The molecule has 1 atom stereocenters. The molecule has 1 heterocycles. The minimum atomic E-state index is -1.02. The van der Waals surface area contributed by atoms with Crippen LogP contribution in [0.1, 0.15) is 18.4 Å². The van der Waals surface area contributed by atoms with Crippen molar-refractivity contribution in [2.24, 2.45) is 0 Å². The first-order valence-corrected chi connectivity index (χ1v) is 6.55. The number of aliphatic carboxylic acids is 1. The summed E-state index contributed by atoms with van der Waals surface area (Å²) in [6, 6.07) is 4.61. The van der Waals surface area contributed by atoms with E-state index in [0.717, 1.165) is 4.90 Å². The maximum Gasteiger partial charge on any atom is 0.324 e. The summed E-state index contributed by atoms with van der Waals surface area (Å²) in [5, 5.41) is 11.1. The molecule has 0 aromatic heterocycles. The zero-order chi connectivity index (χ0) is 15.4. The van der Waals surface area contributed by atoms with Gasteiger partial charge >= 0.3 is 12.0 Å². The molecule has 21 heavy (non-hydrogen) atoms. The van der Waals surface area contributed by atoms with Gasteiger partial charge in [0, 0.05) is 13.0 Å². The fourth-order valence-corrected chi connectivity index (χ4v) is 2.19. The Labute approximate surface area is 120 Å². The predicted molar refractivity (Wildman–Crippen MR) is 71.0 cm³/mol. The molecule has 2 rings (SSSR count). The van der Waals surface area contributed by atoms with E-state index in [9.17, 15) is 18.8 Å². The maximum atomic E-state index is 13.0. The second-order valence-corrected chi connectivity index (χ2v) is 4.80. The highest BCUT2D eigenvalue weighted by Crippen LogP contribution is 2.13. The molecule has 0 saturated carbocycles. The lowest BCUT2D eigenvalue weighted by Crippen LogP contribution is -2.33. The molecule has 1 aliphatic rings. The number of hydrogen-bond donors (Lipinski definition) is 2. The summed E-state index contributed by atoms with van der Waals surface area (Å²) in [6.45, 7) is 0.137. The van der Waals surface area contributed by atoms with E-state index in [-0.39, 0.29) is 25.2 Å². The van der Waals surface area contributed by atoms with Gasteiger partial charge in [-0.3, -0.25) is 14.5 Å². The third-order valence-electron chi connectivity index (χ3n) is 3.27. The number of hydrogen-bond acceptors (Lipinski definition) is 3. The molecule has 1 aromatic carbocycles. The average molecular weight is 294 g/mol. The number of nitrogens with one attached hydrogen (secondary N) is 1. The fourth-order valence-electron chi connectivity index (χ4n) is 2.19. The summed E-state index contributed by atoms with van der Waals surface area (Å²) in [4.78, 5) is 35.2. The zero-order valence-corrected chi connectivity index (χ0v) is 11.2. The number of carbonyl (C=O) groups excluding carboxylic acids is 2. The summed E-state index contributed by atoms with van der Waals surface area (Å²) in [5.74, 6) is -1.82. The molecule has 0 spiro atoms. The van der Waals surface area contributed by atoms with Crippen molar-refractivity contribution in [2.75, 3.05) is 6.54 Å². The van der Waals surface area contributed by atoms with E-state index in [1.54, 1.807) is 12.1 Å². The van der Waals surface area contributed by atoms with Crippen LogP contribution in [-0.2, 0) is 16.0 Å². The Hall–Kier alpha value is -2.44. The number of halogens is 1. The molecule has 1 fully saturated rings. The highest BCUT2D eigenvalue weighted by Gasteiger charge is 2.37. The van der Waals surface area contributed by atoms with E-state index in [4.69, 9.17) is 5.11 Å². The normalized spacial score (nSPS) is 18.0. The van der Waals surface area contributed by atoms with E-state index in [0.29, 0.717) is 12.0 Å². The van der Waals surface area contributed by atoms with Gasteiger partial charge in [0.15, 0.2) is 0 Å². The first-order valence-electron chi connectivity index (χ1n) is 6.55. The maximum absolute atomic E-state index is 13.0. The molecule has 1 aromatic rings. The molecule has 0 bridgehead atoms. The molecule has 1 unspecified atom stereocenters. The van der Waals surface area contributed by atoms with Gasteiger partial charge in [0.05, 0.1) is 0 Å². The van der Waals surface area contributed by atoms with Crippen LogP contribution in [-0.4, -0.2) is 40.5 Å². The van der Waals surface area contributed by atoms with Gasteiger partial charge in [-0.15, -0.1) is 0 Å². The molecular formula is C14H15FN2O4. The predicted octanol–water partition coefficient (Wildman–Crippen LogP) is 1.15. The van der Waals surface area contributed by atoms with Crippen LogP contribution in [0.4, 0.5) is 9.18 Å². The third-order valence-corrected chi connectivity index (χ3v) is 3.27. The smallest absolute Gasteiger partial charge is 0.324 e. The summed E-state index contributed by atoms with van der Waals surface area (Å²) in [6.07, 6.45) is 0.230. The Balaban J connectivity index is 1.92. The Bertz CT molecular complexity index is 576. The van der Waals surface area contributed by atoms with E-state index in [1.165, 1.54) is 12.1 Å². The topological polar surface area (TPSA) is 86.7 Å². The summed E-state index contributed by atoms with van der Waals surface area (Å²) >= 11 is 0. The van der Waals surface area contributed by atoms with E-state index in [2.05, 4.69) is 5.32 Å². The second kappa shape index (κ2) is 6.34. The van der Waals surface area contributed by atoms with Crippen molar-refractivity contribution >= 4 is 17.9 Å². The summed E-state index contributed by atoms with van der Waals surface area (Å²) in [5.41, 5.74) is 0.685. The molecule has 0 radical (unpaired) electrons. The van der Waals surface area contributed by atoms with Gasteiger partial charge in [0.1, 0.15) is 11.9 Å². The molecule has 0 aliphatic carbocycles. The van der Waals surface area contributed by atoms with Crippen LogP contribution in [0.3, 0.4) is 0 Å². The molecular weight excluding hydrogens is 279 g/mol. The van der Waals surface area contributed by atoms with Crippen molar-refractivity contribution in [1.82, 2.24) is 10.2 Å². The number of urea groups is 1. The third kappa shape index (κ3) is 3.77. The molecule has 1 aliphatic heterocycles. The Morgan fingerprint density at radius 1 is 1.38 bits per heavy atom. The van der Waals surface area contributed by atoms with Crippen molar-refractivity contribution in [3.8, 4) is 0 Å². The molecule has 3 amide bonds. The van der Waals surface area contributed by atoms with Crippen molar-refractivity contribution in [3.05, 3.63) is 35.6 Å². The zero-order valence-electron chi connectivity index (χ0n) is 11.2. The van der Waals surface area contributed by atoms with Crippen LogP contribution >= 0.6 is 0 Å². The van der Waals surface area contributed by atoms with Crippen LogP contribution < -0.4 is 5.32 Å². The largest absolute Gasteiger partial charge is 0.481 e. The lowest BCUT2D eigenvalue weighted by Gasteiger charge is -2.12. The number of rotatable bonds is 6. The highest BCUT2D eigenvalue weighted by atomic mass is 19.1. The van der Waals surface area contributed by atoms with Gasteiger partial charge in [-0.1, -0.05) is 12.1 Å². The standard InChI is InChI=1S/C14H15FN2O4/c15-10-3-1-2-9(8-10)6-7-17-13(20)11(16-14(17)21)4-5-12(18)19/h1-3,8,11H,4-7H2,(H,16,21)(H,18,19). The van der Waals surface area contributed by atoms with Gasteiger partial charge in [0.2, 0.25) is 0 Å². The average Bonchev–Trinajstić information content (AvgIpc) is 2.69. The Kier molecular flexibility index (Phi) is 4.52. The second-order valence-electron chi connectivity index (χ2n) is 4.80. The summed E-state index contributed by atoms with van der Waals surface area (Å²) in [7, 11) is 0. The van der Waals surface area contributed by atoms with Crippen LogP contribution in [0.2, 0.25) is 0 Å². The van der Waals surface area contributed by atoms with Gasteiger partial charge in [-0.25, -0.2) is 9.18 Å². The van der Waals surface area contributed by atoms with E-state index in [1.807, 2.05) is 0 Å². The number of carbonyl (C=O) groups is 3. The lowest BCUT2D eigenvalue weighted by atomic mass is 10.1. The van der Waals surface area contributed by atoms with Gasteiger partial charge < -0.3 is 10.4 Å². The number of amides is 3. The molecule has 1 saturated heterocycles. The number of carboxylic acids is 1. The SMILES string of the molecule is O=C(O)CCC1NC(=O)N(CCc2cccc(F)c2)C1=O. The number of nitrogens with zero attached hydrogens (tertiary/aromatic N) is 1. The first kappa shape index (κ1) is 15.0. The monoisotopic (exact) mass is 294 g/mol. The fraction of sp³-hybridized carbons (Fsp3) is 0.357. The van der Waals surface area contributed by atoms with Crippen LogP contribution in [0.15, 0.2) is 24.3 Å². The van der Waals surface area contributed by atoms with Gasteiger partial charge in [0.25, 0.3) is 5.91 Å². The first-order chi connectivity index (χ1) is 9.97. The minimum absolute atomic E-state index is 0.0658. The van der Waals surface area contributed by atoms with Gasteiger partial charge in [-0.2, -0.15) is 0 Å². The molecule has 7 heteroatoms. The minimum Gasteiger partial charge on any atom is -0.481 e. The number of imide groups is 1. The Morgan fingerprint density at radius 3 is 2.81 bits per heavy atom. The molecule has 6 nitrogen and oxygen atoms in total. The quantitative estimate of drug-likeness (QED) is 0.771. The van der Waals surface area contributed by atoms with Crippen molar-refractivity contribution in [1.29, 1.82) is 0 Å². The molecule has 112 valence electrons. The van der Waals surface area contributed by atoms with E-state index >= 15 is 0 Å². The van der Waals surface area contributed by atoms with Gasteiger partial charge in [-0.05, 0) is 30.5 Å². The summed E-state index contributed by atoms with van der Waals surface area (Å²) < 4.78 is 13.0. The molecule has 2 N–H and O–H groups in total. The Morgan fingerprint density at radius 2 is 2.14 bits per heavy atom. The van der Waals surface area contributed by atoms with Crippen LogP contribution in [0.5, 0.6) is 0 Å². The van der Waals surface area contributed by atoms with E-state index < -0.39 is 23.9 Å². The number of carboxylic acid groups (broad SMARTS) is 1. The van der Waals surface area contributed by atoms with Crippen molar-refractivity contribution in [2.45, 2.75) is 25.3 Å². The van der Waals surface area contributed by atoms with Crippen LogP contribution in [0.25, 0.3) is 0 Å².